The number of para-hydroxylation sites is 1. The van der Waals surface area contributed by atoms with Gasteiger partial charge < -0.3 is 4.74 Å². The molecule has 6 rings (SSSR count). The third-order valence-corrected chi connectivity index (χ3v) is 8.40. The summed E-state index contributed by atoms with van der Waals surface area (Å²) in [6.45, 7) is 5.27. The van der Waals surface area contributed by atoms with Gasteiger partial charge in [-0.2, -0.15) is 0 Å². The second kappa shape index (κ2) is 11.6. The van der Waals surface area contributed by atoms with Crippen molar-refractivity contribution in [2.45, 2.75) is 39.5 Å². The Labute approximate surface area is 243 Å². The summed E-state index contributed by atoms with van der Waals surface area (Å²) in [7, 11) is 0. The lowest BCUT2D eigenvalue weighted by Crippen LogP contribution is -2.40. The van der Waals surface area contributed by atoms with Gasteiger partial charge in [0.1, 0.15) is 10.8 Å². The zero-order valence-corrected chi connectivity index (χ0v) is 24.0. The summed E-state index contributed by atoms with van der Waals surface area (Å²) in [5.74, 6) is 6.97. The summed E-state index contributed by atoms with van der Waals surface area (Å²) < 4.78 is 7.28. The fraction of sp³-hybridized carbons (Fsp3) is 0.229. The van der Waals surface area contributed by atoms with Crippen LogP contribution in [0.3, 0.4) is 0 Å². The molecule has 1 aromatic heterocycles. The predicted molar refractivity (Wildman–Crippen MR) is 166 cm³/mol. The van der Waals surface area contributed by atoms with E-state index in [0.717, 1.165) is 68.7 Å². The Morgan fingerprint density at radius 3 is 2.44 bits per heavy atom. The minimum atomic E-state index is -0.231. The number of fused-ring (bicyclic) bond motifs is 1. The van der Waals surface area contributed by atoms with Gasteiger partial charge in [0.15, 0.2) is 0 Å². The van der Waals surface area contributed by atoms with E-state index in [2.05, 4.69) is 24.8 Å². The van der Waals surface area contributed by atoms with Crippen LogP contribution in [-0.4, -0.2) is 34.8 Å². The number of carbonyl (C=O) groups is 2. The van der Waals surface area contributed by atoms with Crippen LogP contribution in [0.15, 0.2) is 72.8 Å². The standard InChI is InChI=1S/C35H30N2O3S/c1-3-5-20-37-34(38)26-11-9-10-25-24(17-18-27(32(25)26)35(37)39)16-14-23-15-19-30(40-21-6-4-2)28(22-23)33-36-29-12-7-8-13-31(29)41-33/h7-13,15,17-19,22H,3-6,20-21H2,1-2H3. The van der Waals surface area contributed by atoms with Gasteiger partial charge in [-0.05, 0) is 66.8 Å². The normalized spacial score (nSPS) is 12.6. The number of imide groups is 1. The molecule has 0 spiro atoms. The maximum absolute atomic E-state index is 13.2. The average molecular weight is 559 g/mol. The van der Waals surface area contributed by atoms with Gasteiger partial charge in [-0.1, -0.05) is 62.8 Å². The molecule has 2 heterocycles. The molecule has 204 valence electrons. The molecule has 41 heavy (non-hydrogen) atoms. The van der Waals surface area contributed by atoms with Crippen molar-refractivity contribution in [2.24, 2.45) is 0 Å². The lowest BCUT2D eigenvalue weighted by molar-refractivity contribution is 0.0608. The fourth-order valence-electron chi connectivity index (χ4n) is 5.13. The van der Waals surface area contributed by atoms with Crippen molar-refractivity contribution < 1.29 is 14.3 Å². The molecular weight excluding hydrogens is 528 g/mol. The molecule has 1 aliphatic rings. The van der Waals surface area contributed by atoms with Crippen LogP contribution in [0.5, 0.6) is 5.75 Å². The Hall–Kier alpha value is -4.47. The average Bonchev–Trinajstić information content (AvgIpc) is 3.44. The second-order valence-corrected chi connectivity index (χ2v) is 11.2. The number of ether oxygens (including phenoxy) is 1. The number of carbonyl (C=O) groups excluding carboxylic acids is 2. The van der Waals surface area contributed by atoms with Gasteiger partial charge in [-0.15, -0.1) is 11.3 Å². The number of unbranched alkanes of at least 4 members (excludes halogenated alkanes) is 2. The molecule has 0 atom stereocenters. The van der Waals surface area contributed by atoms with Crippen LogP contribution in [0.2, 0.25) is 0 Å². The summed E-state index contributed by atoms with van der Waals surface area (Å²) in [6.07, 6.45) is 3.73. The maximum atomic E-state index is 13.2. The van der Waals surface area contributed by atoms with Crippen LogP contribution in [0.1, 0.15) is 71.4 Å². The Kier molecular flexibility index (Phi) is 7.54. The first kappa shape index (κ1) is 26.7. The van der Waals surface area contributed by atoms with Crippen LogP contribution in [0.4, 0.5) is 0 Å². The van der Waals surface area contributed by atoms with E-state index in [1.807, 2.05) is 61.5 Å². The van der Waals surface area contributed by atoms with Gasteiger partial charge in [0.05, 0.1) is 22.4 Å². The van der Waals surface area contributed by atoms with Gasteiger partial charge >= 0.3 is 0 Å². The van der Waals surface area contributed by atoms with Crippen LogP contribution in [-0.2, 0) is 0 Å². The van der Waals surface area contributed by atoms with Gasteiger partial charge in [-0.3, -0.25) is 14.5 Å². The number of hydrogen-bond acceptors (Lipinski definition) is 5. The van der Waals surface area contributed by atoms with Crippen LogP contribution >= 0.6 is 11.3 Å². The number of hydrogen-bond donors (Lipinski definition) is 0. The van der Waals surface area contributed by atoms with Crippen LogP contribution < -0.4 is 4.74 Å². The van der Waals surface area contributed by atoms with E-state index in [4.69, 9.17) is 9.72 Å². The molecule has 2 amide bonds. The SMILES string of the molecule is CCCCOc1ccc(C#Cc2ccc3c4c(cccc24)C(=O)N(CCCC)C3=O)cc1-c1nc2ccccc2s1. The van der Waals surface area contributed by atoms with Crippen molar-refractivity contribution in [3.05, 3.63) is 95.1 Å². The van der Waals surface area contributed by atoms with Crippen LogP contribution in [0.25, 0.3) is 31.6 Å². The molecule has 0 saturated heterocycles. The largest absolute Gasteiger partial charge is 0.493 e. The van der Waals surface area contributed by atoms with Crippen molar-refractivity contribution in [3.63, 3.8) is 0 Å². The van der Waals surface area contributed by atoms with Crippen molar-refractivity contribution in [1.82, 2.24) is 9.88 Å². The number of benzene rings is 4. The number of nitrogens with zero attached hydrogens (tertiary/aromatic N) is 2. The molecule has 0 fully saturated rings. The summed E-state index contributed by atoms with van der Waals surface area (Å²) in [5.41, 5.74) is 4.62. The predicted octanol–water partition coefficient (Wildman–Crippen LogP) is 8.09. The lowest BCUT2D eigenvalue weighted by Gasteiger charge is -2.27. The van der Waals surface area contributed by atoms with E-state index in [1.54, 1.807) is 23.5 Å². The summed E-state index contributed by atoms with van der Waals surface area (Å²) >= 11 is 1.64. The number of aromatic nitrogens is 1. The number of thiazole rings is 1. The molecule has 0 aliphatic carbocycles. The van der Waals surface area contributed by atoms with Gasteiger partial charge in [0, 0.05) is 34.2 Å². The van der Waals surface area contributed by atoms with E-state index < -0.39 is 0 Å². The molecule has 0 unspecified atom stereocenters. The minimum Gasteiger partial charge on any atom is -0.493 e. The van der Waals surface area contributed by atoms with Gasteiger partial charge in [-0.25, -0.2) is 4.98 Å². The lowest BCUT2D eigenvalue weighted by atomic mass is 9.91. The molecular formula is C35H30N2O3S. The van der Waals surface area contributed by atoms with E-state index >= 15 is 0 Å². The Balaban J connectivity index is 1.39. The van der Waals surface area contributed by atoms with Gasteiger partial charge in [0.2, 0.25) is 0 Å². The Bertz CT molecular complexity index is 1810. The highest BCUT2D eigenvalue weighted by Crippen LogP contribution is 2.37. The van der Waals surface area contributed by atoms with Gasteiger partial charge in [0.25, 0.3) is 11.8 Å². The Morgan fingerprint density at radius 2 is 1.63 bits per heavy atom. The van der Waals surface area contributed by atoms with E-state index in [9.17, 15) is 9.59 Å². The highest BCUT2D eigenvalue weighted by Gasteiger charge is 2.32. The zero-order chi connectivity index (χ0) is 28.3. The first-order valence-corrected chi connectivity index (χ1v) is 15.0. The monoisotopic (exact) mass is 558 g/mol. The molecule has 5 nitrogen and oxygen atoms in total. The molecule has 1 aliphatic heterocycles. The minimum absolute atomic E-state index is 0.231. The number of amides is 2. The van der Waals surface area contributed by atoms with Crippen molar-refractivity contribution in [2.75, 3.05) is 13.2 Å². The highest BCUT2D eigenvalue weighted by molar-refractivity contribution is 7.21. The Morgan fingerprint density at radius 1 is 0.829 bits per heavy atom. The summed E-state index contributed by atoms with van der Waals surface area (Å²) in [6, 6.07) is 23.4. The highest BCUT2D eigenvalue weighted by atomic mass is 32.1. The van der Waals surface area contributed by atoms with Crippen molar-refractivity contribution in [3.8, 4) is 28.2 Å². The molecule has 0 N–H and O–H groups in total. The molecule has 4 aromatic carbocycles. The van der Waals surface area contributed by atoms with Crippen LogP contribution in [0, 0.1) is 11.8 Å². The molecule has 6 heteroatoms. The molecule has 5 aromatic rings. The van der Waals surface area contributed by atoms with Crippen molar-refractivity contribution >= 4 is 44.1 Å². The fourth-order valence-corrected chi connectivity index (χ4v) is 6.12. The topological polar surface area (TPSA) is 59.5 Å². The first-order chi connectivity index (χ1) is 20.1. The smallest absolute Gasteiger partial charge is 0.261 e. The summed E-state index contributed by atoms with van der Waals surface area (Å²) in [5, 5.41) is 2.40. The van der Waals surface area contributed by atoms with E-state index in [0.29, 0.717) is 29.7 Å². The molecule has 0 saturated carbocycles. The third-order valence-electron chi connectivity index (χ3n) is 7.33. The first-order valence-electron chi connectivity index (χ1n) is 14.2. The third kappa shape index (κ3) is 5.10. The second-order valence-electron chi connectivity index (χ2n) is 10.2. The maximum Gasteiger partial charge on any atom is 0.261 e. The summed E-state index contributed by atoms with van der Waals surface area (Å²) in [4.78, 5) is 32.7. The molecule has 0 bridgehead atoms. The molecule has 0 radical (unpaired) electrons. The van der Waals surface area contributed by atoms with E-state index in [1.165, 1.54) is 4.90 Å². The number of rotatable bonds is 8. The van der Waals surface area contributed by atoms with E-state index in [-0.39, 0.29) is 11.8 Å². The van der Waals surface area contributed by atoms with Crippen molar-refractivity contribution in [1.29, 1.82) is 0 Å². The quantitative estimate of drug-likeness (QED) is 0.110. The zero-order valence-electron chi connectivity index (χ0n) is 23.2.